The number of hydrogen-bond donors (Lipinski definition) is 1. The van der Waals surface area contributed by atoms with Crippen molar-refractivity contribution < 1.29 is 4.79 Å². The van der Waals surface area contributed by atoms with Gasteiger partial charge in [-0.05, 0) is 25.2 Å². The number of nitrogens with zero attached hydrogens (tertiary/aromatic N) is 3. The third kappa shape index (κ3) is 3.36. The number of hydrazine groups is 1. The molecule has 0 aromatic heterocycles. The molecule has 1 amide bonds. The Morgan fingerprint density at radius 2 is 2.05 bits per heavy atom. The Morgan fingerprint density at radius 1 is 1.35 bits per heavy atom. The summed E-state index contributed by atoms with van der Waals surface area (Å²) in [5, 5.41) is 1.80. The molecule has 110 valence electrons. The van der Waals surface area contributed by atoms with Gasteiger partial charge < -0.3 is 9.80 Å². The van der Waals surface area contributed by atoms with E-state index in [1.165, 1.54) is 11.1 Å². The Bertz CT molecular complexity index is 475. The second-order valence-electron chi connectivity index (χ2n) is 5.66. The molecule has 1 aromatic rings. The number of hydrogen-bond acceptors (Lipinski definition) is 4. The SMILES string of the molecule is CC(=O)N1CCN(N)CC1c1ccccc1CN(C)C. The van der Waals surface area contributed by atoms with Crippen LogP contribution in [0.4, 0.5) is 0 Å². The summed E-state index contributed by atoms with van der Waals surface area (Å²) in [6.45, 7) is 4.60. The molecule has 0 saturated carbocycles. The number of benzene rings is 1. The highest BCUT2D eigenvalue weighted by atomic mass is 16.2. The average molecular weight is 276 g/mol. The first-order chi connectivity index (χ1) is 9.49. The van der Waals surface area contributed by atoms with Crippen molar-refractivity contribution >= 4 is 5.91 Å². The van der Waals surface area contributed by atoms with Crippen LogP contribution in [0.15, 0.2) is 24.3 Å². The van der Waals surface area contributed by atoms with Crippen molar-refractivity contribution in [3.63, 3.8) is 0 Å². The van der Waals surface area contributed by atoms with Crippen LogP contribution in [0.3, 0.4) is 0 Å². The topological polar surface area (TPSA) is 52.8 Å². The maximum Gasteiger partial charge on any atom is 0.220 e. The van der Waals surface area contributed by atoms with E-state index < -0.39 is 0 Å². The molecule has 1 unspecified atom stereocenters. The average Bonchev–Trinajstić information content (AvgIpc) is 2.38. The van der Waals surface area contributed by atoms with Gasteiger partial charge in [-0.25, -0.2) is 5.01 Å². The van der Waals surface area contributed by atoms with Gasteiger partial charge in [0.05, 0.1) is 6.04 Å². The predicted molar refractivity (Wildman–Crippen MR) is 79.7 cm³/mol. The summed E-state index contributed by atoms with van der Waals surface area (Å²) < 4.78 is 0. The van der Waals surface area contributed by atoms with Crippen LogP contribution in [0.25, 0.3) is 0 Å². The second kappa shape index (κ2) is 6.35. The van der Waals surface area contributed by atoms with E-state index in [0.717, 1.165) is 13.1 Å². The van der Waals surface area contributed by atoms with Crippen molar-refractivity contribution in [1.82, 2.24) is 14.8 Å². The number of amides is 1. The van der Waals surface area contributed by atoms with Gasteiger partial charge in [-0.2, -0.15) is 0 Å². The monoisotopic (exact) mass is 276 g/mol. The number of piperazine rings is 1. The van der Waals surface area contributed by atoms with E-state index in [1.54, 1.807) is 11.9 Å². The van der Waals surface area contributed by atoms with Gasteiger partial charge >= 0.3 is 0 Å². The van der Waals surface area contributed by atoms with Gasteiger partial charge in [0.2, 0.25) is 5.91 Å². The highest BCUT2D eigenvalue weighted by molar-refractivity contribution is 5.74. The summed E-state index contributed by atoms with van der Waals surface area (Å²) in [6.07, 6.45) is 0. The molecule has 1 fully saturated rings. The van der Waals surface area contributed by atoms with Crippen LogP contribution in [-0.4, -0.2) is 54.4 Å². The summed E-state index contributed by atoms with van der Waals surface area (Å²) in [5.74, 6) is 6.07. The molecule has 2 rings (SSSR count). The van der Waals surface area contributed by atoms with Crippen molar-refractivity contribution in [2.75, 3.05) is 33.7 Å². The van der Waals surface area contributed by atoms with E-state index >= 15 is 0 Å². The van der Waals surface area contributed by atoms with E-state index in [9.17, 15) is 4.79 Å². The molecule has 1 aliphatic heterocycles. The molecule has 1 atom stereocenters. The van der Waals surface area contributed by atoms with Gasteiger partial charge in [-0.3, -0.25) is 10.6 Å². The number of carbonyl (C=O) groups is 1. The van der Waals surface area contributed by atoms with Crippen LogP contribution < -0.4 is 5.84 Å². The fourth-order valence-electron chi connectivity index (χ4n) is 2.79. The number of carbonyl (C=O) groups excluding carboxylic acids is 1. The molecule has 0 bridgehead atoms. The molecule has 1 heterocycles. The normalized spacial score (nSPS) is 20.4. The minimum Gasteiger partial charge on any atom is -0.333 e. The minimum absolute atomic E-state index is 0.0439. The molecule has 20 heavy (non-hydrogen) atoms. The standard InChI is InChI=1S/C15H24N4O/c1-12(20)19-9-8-18(16)11-15(19)14-7-5-4-6-13(14)10-17(2)3/h4-7,15H,8-11,16H2,1-3H3. The molecule has 0 spiro atoms. The van der Waals surface area contributed by atoms with Crippen molar-refractivity contribution in [3.8, 4) is 0 Å². The van der Waals surface area contributed by atoms with Crippen LogP contribution in [0.5, 0.6) is 0 Å². The zero-order chi connectivity index (χ0) is 14.7. The molecule has 0 aliphatic carbocycles. The highest BCUT2D eigenvalue weighted by Crippen LogP contribution is 2.27. The van der Waals surface area contributed by atoms with E-state index in [4.69, 9.17) is 5.84 Å². The van der Waals surface area contributed by atoms with E-state index in [1.807, 2.05) is 17.0 Å². The third-order valence-electron chi connectivity index (χ3n) is 3.72. The summed E-state index contributed by atoms with van der Waals surface area (Å²) in [5.41, 5.74) is 2.45. The lowest BCUT2D eigenvalue weighted by Gasteiger charge is -2.40. The zero-order valence-electron chi connectivity index (χ0n) is 12.5. The van der Waals surface area contributed by atoms with Crippen molar-refractivity contribution in [2.24, 2.45) is 5.84 Å². The maximum absolute atomic E-state index is 11.9. The highest BCUT2D eigenvalue weighted by Gasteiger charge is 2.30. The Morgan fingerprint density at radius 3 is 2.70 bits per heavy atom. The van der Waals surface area contributed by atoms with E-state index in [-0.39, 0.29) is 11.9 Å². The zero-order valence-corrected chi connectivity index (χ0v) is 12.5. The Hall–Kier alpha value is -1.43. The maximum atomic E-state index is 11.9. The lowest BCUT2D eigenvalue weighted by Crippen LogP contribution is -2.52. The number of nitrogens with two attached hydrogens (primary N) is 1. The van der Waals surface area contributed by atoms with Gasteiger partial charge in [0.15, 0.2) is 0 Å². The molecule has 0 radical (unpaired) electrons. The van der Waals surface area contributed by atoms with E-state index in [0.29, 0.717) is 13.1 Å². The van der Waals surface area contributed by atoms with Crippen molar-refractivity contribution in [2.45, 2.75) is 19.5 Å². The molecular weight excluding hydrogens is 252 g/mol. The molecule has 2 N–H and O–H groups in total. The minimum atomic E-state index is 0.0439. The van der Waals surface area contributed by atoms with Gasteiger partial charge in [-0.1, -0.05) is 24.3 Å². The molecule has 1 aromatic carbocycles. The summed E-state index contributed by atoms with van der Waals surface area (Å²) >= 11 is 0. The van der Waals surface area contributed by atoms with Crippen LogP contribution in [0, 0.1) is 0 Å². The van der Waals surface area contributed by atoms with Gasteiger partial charge in [0.25, 0.3) is 0 Å². The van der Waals surface area contributed by atoms with Gasteiger partial charge in [0.1, 0.15) is 0 Å². The van der Waals surface area contributed by atoms with Crippen LogP contribution in [-0.2, 0) is 11.3 Å². The fourth-order valence-corrected chi connectivity index (χ4v) is 2.79. The third-order valence-corrected chi connectivity index (χ3v) is 3.72. The Kier molecular flexibility index (Phi) is 4.75. The number of rotatable bonds is 3. The predicted octanol–water partition coefficient (Wildman–Crippen LogP) is 0.827. The molecule has 1 aliphatic rings. The molecule has 1 saturated heterocycles. The molecule has 5 nitrogen and oxygen atoms in total. The van der Waals surface area contributed by atoms with Crippen LogP contribution >= 0.6 is 0 Å². The lowest BCUT2D eigenvalue weighted by molar-refractivity contribution is -0.134. The first kappa shape index (κ1) is 15.0. The summed E-state index contributed by atoms with van der Waals surface area (Å²) in [7, 11) is 4.10. The second-order valence-corrected chi connectivity index (χ2v) is 5.66. The Labute approximate surface area is 120 Å². The smallest absolute Gasteiger partial charge is 0.220 e. The van der Waals surface area contributed by atoms with Gasteiger partial charge in [0, 0.05) is 33.1 Å². The fraction of sp³-hybridized carbons (Fsp3) is 0.533. The quantitative estimate of drug-likeness (QED) is 0.831. The van der Waals surface area contributed by atoms with Gasteiger partial charge in [-0.15, -0.1) is 0 Å². The first-order valence-corrected chi connectivity index (χ1v) is 6.98. The largest absolute Gasteiger partial charge is 0.333 e. The Balaban J connectivity index is 2.33. The van der Waals surface area contributed by atoms with Crippen molar-refractivity contribution in [3.05, 3.63) is 35.4 Å². The van der Waals surface area contributed by atoms with E-state index in [2.05, 4.69) is 31.1 Å². The molecule has 5 heteroatoms. The van der Waals surface area contributed by atoms with Crippen molar-refractivity contribution in [1.29, 1.82) is 0 Å². The first-order valence-electron chi connectivity index (χ1n) is 6.98. The lowest BCUT2D eigenvalue weighted by atomic mass is 9.97. The summed E-state index contributed by atoms with van der Waals surface area (Å²) in [4.78, 5) is 15.9. The van der Waals surface area contributed by atoms with Crippen LogP contribution in [0.1, 0.15) is 24.1 Å². The van der Waals surface area contributed by atoms with Crippen LogP contribution in [0.2, 0.25) is 0 Å². The molecular formula is C15H24N4O. The summed E-state index contributed by atoms with van der Waals surface area (Å²) in [6, 6.07) is 8.36.